The van der Waals surface area contributed by atoms with Crippen LogP contribution in [-0.4, -0.2) is 60.3 Å². The molecule has 0 bridgehead atoms. The Hall–Kier alpha value is -0.120. The summed E-state index contributed by atoms with van der Waals surface area (Å²) in [5.74, 6) is 0. The quantitative estimate of drug-likeness (QED) is 0.857. The molecule has 1 saturated carbocycles. The van der Waals surface area contributed by atoms with E-state index in [-0.39, 0.29) is 5.41 Å². The SMILES string of the molecule is OCC1(CN2CCC(N3CCCCC3)C2)CCCCC1. The van der Waals surface area contributed by atoms with Crippen molar-refractivity contribution in [3.05, 3.63) is 0 Å². The second kappa shape index (κ2) is 6.76. The van der Waals surface area contributed by atoms with Crippen molar-refractivity contribution in [1.29, 1.82) is 0 Å². The summed E-state index contributed by atoms with van der Waals surface area (Å²) in [5.41, 5.74) is 0.231. The fraction of sp³-hybridized carbons (Fsp3) is 1.00. The molecule has 0 amide bonds. The van der Waals surface area contributed by atoms with Crippen molar-refractivity contribution in [2.24, 2.45) is 5.41 Å². The van der Waals surface area contributed by atoms with Crippen LogP contribution in [-0.2, 0) is 0 Å². The lowest BCUT2D eigenvalue weighted by atomic mass is 9.74. The highest BCUT2D eigenvalue weighted by molar-refractivity contribution is 4.91. The third-order valence-electron chi connectivity index (χ3n) is 5.96. The Morgan fingerprint density at radius 3 is 2.30 bits per heavy atom. The Bertz CT molecular complexity index is 295. The number of piperidine rings is 1. The molecule has 0 aromatic rings. The van der Waals surface area contributed by atoms with Crippen LogP contribution in [0.5, 0.6) is 0 Å². The maximum atomic E-state index is 9.88. The fourth-order valence-corrected chi connectivity index (χ4v) is 4.68. The lowest BCUT2D eigenvalue weighted by Crippen LogP contribution is -2.44. The zero-order valence-corrected chi connectivity index (χ0v) is 13.0. The number of nitrogens with zero attached hydrogens (tertiary/aromatic N) is 2. The van der Waals surface area contributed by atoms with E-state index in [1.54, 1.807) is 0 Å². The van der Waals surface area contributed by atoms with E-state index >= 15 is 0 Å². The zero-order chi connectivity index (χ0) is 13.8. The number of rotatable bonds is 4. The first-order valence-corrected chi connectivity index (χ1v) is 8.89. The van der Waals surface area contributed by atoms with Crippen molar-refractivity contribution < 1.29 is 5.11 Å². The molecule has 0 radical (unpaired) electrons. The number of aliphatic hydroxyl groups excluding tert-OH is 1. The molecule has 0 aromatic carbocycles. The molecule has 20 heavy (non-hydrogen) atoms. The number of aliphatic hydroxyl groups is 1. The molecule has 1 atom stereocenters. The van der Waals surface area contributed by atoms with E-state index in [0.717, 1.165) is 12.6 Å². The van der Waals surface area contributed by atoms with Gasteiger partial charge in [0.1, 0.15) is 0 Å². The highest BCUT2D eigenvalue weighted by Gasteiger charge is 2.36. The van der Waals surface area contributed by atoms with Crippen molar-refractivity contribution in [3.8, 4) is 0 Å². The molecule has 3 heteroatoms. The predicted molar refractivity (Wildman–Crippen MR) is 82.9 cm³/mol. The molecule has 2 saturated heterocycles. The second-order valence-electron chi connectivity index (χ2n) is 7.49. The Morgan fingerprint density at radius 2 is 1.60 bits per heavy atom. The van der Waals surface area contributed by atoms with Crippen molar-refractivity contribution >= 4 is 0 Å². The first-order chi connectivity index (χ1) is 9.81. The van der Waals surface area contributed by atoms with E-state index in [0.29, 0.717) is 6.61 Å². The van der Waals surface area contributed by atoms with Crippen LogP contribution in [0.25, 0.3) is 0 Å². The van der Waals surface area contributed by atoms with E-state index in [1.807, 2.05) is 0 Å². The van der Waals surface area contributed by atoms with Gasteiger partial charge in [-0.05, 0) is 51.7 Å². The van der Waals surface area contributed by atoms with Gasteiger partial charge in [-0.1, -0.05) is 25.7 Å². The standard InChI is InChI=1S/C17H32N2O/c20-15-17(8-3-1-4-9-17)14-18-12-7-16(13-18)19-10-5-2-6-11-19/h16,20H,1-15H2. The number of likely N-dealkylation sites (tertiary alicyclic amines) is 2. The smallest absolute Gasteiger partial charge is 0.0499 e. The van der Waals surface area contributed by atoms with Crippen LogP contribution in [0.15, 0.2) is 0 Å². The van der Waals surface area contributed by atoms with Crippen LogP contribution in [0.3, 0.4) is 0 Å². The van der Waals surface area contributed by atoms with E-state index in [4.69, 9.17) is 0 Å². The van der Waals surface area contributed by atoms with E-state index in [9.17, 15) is 5.11 Å². The molecular formula is C17H32N2O. The summed E-state index contributed by atoms with van der Waals surface area (Å²) in [7, 11) is 0. The third-order valence-corrected chi connectivity index (χ3v) is 5.96. The summed E-state index contributed by atoms with van der Waals surface area (Å²) >= 11 is 0. The molecule has 1 unspecified atom stereocenters. The lowest BCUT2D eigenvalue weighted by molar-refractivity contribution is 0.0446. The van der Waals surface area contributed by atoms with Gasteiger partial charge < -0.3 is 10.0 Å². The molecule has 116 valence electrons. The van der Waals surface area contributed by atoms with Gasteiger partial charge >= 0.3 is 0 Å². The molecule has 3 aliphatic rings. The summed E-state index contributed by atoms with van der Waals surface area (Å²) < 4.78 is 0. The number of hydrogen-bond acceptors (Lipinski definition) is 3. The first kappa shape index (κ1) is 14.8. The molecule has 0 aromatic heterocycles. The zero-order valence-electron chi connectivity index (χ0n) is 13.0. The van der Waals surface area contributed by atoms with Crippen LogP contribution in [0.2, 0.25) is 0 Å². The van der Waals surface area contributed by atoms with E-state index < -0.39 is 0 Å². The summed E-state index contributed by atoms with van der Waals surface area (Å²) in [6.07, 6.45) is 12.1. The van der Waals surface area contributed by atoms with Gasteiger partial charge in [-0.2, -0.15) is 0 Å². The monoisotopic (exact) mass is 280 g/mol. The van der Waals surface area contributed by atoms with E-state index in [2.05, 4.69) is 9.80 Å². The van der Waals surface area contributed by atoms with Gasteiger partial charge in [0.2, 0.25) is 0 Å². The minimum atomic E-state index is 0.231. The van der Waals surface area contributed by atoms with E-state index in [1.165, 1.54) is 84.0 Å². The summed E-state index contributed by atoms with van der Waals surface area (Å²) in [6.45, 7) is 6.70. The Balaban J connectivity index is 1.51. The maximum Gasteiger partial charge on any atom is 0.0499 e. The summed E-state index contributed by atoms with van der Waals surface area (Å²) in [4.78, 5) is 5.39. The first-order valence-electron chi connectivity index (χ1n) is 8.89. The molecule has 3 fully saturated rings. The third kappa shape index (κ3) is 3.37. The van der Waals surface area contributed by atoms with Crippen molar-refractivity contribution in [2.75, 3.05) is 39.3 Å². The number of hydrogen-bond donors (Lipinski definition) is 1. The highest BCUT2D eigenvalue weighted by atomic mass is 16.3. The molecular weight excluding hydrogens is 248 g/mol. The van der Waals surface area contributed by atoms with Gasteiger partial charge in [-0.15, -0.1) is 0 Å². The van der Waals surface area contributed by atoms with Gasteiger partial charge in [0.15, 0.2) is 0 Å². The lowest BCUT2D eigenvalue weighted by Gasteiger charge is -2.39. The van der Waals surface area contributed by atoms with Crippen LogP contribution in [0.4, 0.5) is 0 Å². The predicted octanol–water partition coefficient (Wildman–Crippen LogP) is 2.49. The highest BCUT2D eigenvalue weighted by Crippen LogP contribution is 2.37. The van der Waals surface area contributed by atoms with Crippen LogP contribution in [0, 0.1) is 5.41 Å². The van der Waals surface area contributed by atoms with Crippen LogP contribution >= 0.6 is 0 Å². The Morgan fingerprint density at radius 1 is 0.900 bits per heavy atom. The molecule has 3 rings (SSSR count). The van der Waals surface area contributed by atoms with Crippen molar-refractivity contribution in [3.63, 3.8) is 0 Å². The summed E-state index contributed by atoms with van der Waals surface area (Å²) in [6, 6.07) is 0.801. The van der Waals surface area contributed by atoms with Crippen LogP contribution < -0.4 is 0 Å². The molecule has 1 aliphatic carbocycles. The average molecular weight is 280 g/mol. The minimum Gasteiger partial charge on any atom is -0.396 e. The molecule has 2 aliphatic heterocycles. The largest absolute Gasteiger partial charge is 0.396 e. The van der Waals surface area contributed by atoms with Gasteiger partial charge in [-0.25, -0.2) is 0 Å². The molecule has 2 heterocycles. The maximum absolute atomic E-state index is 9.88. The van der Waals surface area contributed by atoms with Gasteiger partial charge in [0, 0.05) is 31.2 Å². The van der Waals surface area contributed by atoms with Crippen molar-refractivity contribution in [1.82, 2.24) is 9.80 Å². The van der Waals surface area contributed by atoms with Crippen molar-refractivity contribution in [2.45, 2.75) is 63.8 Å². The molecule has 1 N–H and O–H groups in total. The Kier molecular flexibility index (Phi) is 5.00. The van der Waals surface area contributed by atoms with Gasteiger partial charge in [-0.3, -0.25) is 4.90 Å². The topological polar surface area (TPSA) is 26.7 Å². The second-order valence-corrected chi connectivity index (χ2v) is 7.49. The minimum absolute atomic E-state index is 0.231. The average Bonchev–Trinajstić information content (AvgIpc) is 2.97. The van der Waals surface area contributed by atoms with Gasteiger partial charge in [0.05, 0.1) is 0 Å². The van der Waals surface area contributed by atoms with Gasteiger partial charge in [0.25, 0.3) is 0 Å². The summed E-state index contributed by atoms with van der Waals surface area (Å²) in [5, 5.41) is 9.88. The molecule has 0 spiro atoms. The normalized spacial score (nSPS) is 32.5. The molecule has 3 nitrogen and oxygen atoms in total. The fourth-order valence-electron chi connectivity index (χ4n) is 4.68. The van der Waals surface area contributed by atoms with Crippen LogP contribution in [0.1, 0.15) is 57.8 Å². The Labute approximate surface area is 124 Å².